The van der Waals surface area contributed by atoms with Crippen molar-refractivity contribution in [3.8, 4) is 0 Å². The average Bonchev–Trinajstić information content (AvgIpc) is 2.43. The van der Waals surface area contributed by atoms with E-state index in [1.807, 2.05) is 11.9 Å². The van der Waals surface area contributed by atoms with E-state index in [1.165, 1.54) is 0 Å². The van der Waals surface area contributed by atoms with Crippen LogP contribution in [0.3, 0.4) is 0 Å². The van der Waals surface area contributed by atoms with Gasteiger partial charge in [-0.25, -0.2) is 0 Å². The van der Waals surface area contributed by atoms with Crippen molar-refractivity contribution in [2.24, 2.45) is 0 Å². The van der Waals surface area contributed by atoms with Crippen LogP contribution < -0.4 is 5.32 Å². The van der Waals surface area contributed by atoms with Gasteiger partial charge in [-0.2, -0.15) is 0 Å². The van der Waals surface area contributed by atoms with Crippen LogP contribution in [0.2, 0.25) is 0 Å². The molecule has 0 amide bonds. The lowest BCUT2D eigenvalue weighted by Gasteiger charge is -2.22. The lowest BCUT2D eigenvalue weighted by molar-refractivity contribution is -0.137. The summed E-state index contributed by atoms with van der Waals surface area (Å²) < 4.78 is 0. The lowest BCUT2D eigenvalue weighted by atomic mass is 10.0. The predicted molar refractivity (Wildman–Crippen MR) is 60.9 cm³/mol. The van der Waals surface area contributed by atoms with Crippen molar-refractivity contribution in [1.29, 1.82) is 0 Å². The van der Waals surface area contributed by atoms with Crippen LogP contribution in [-0.2, 0) is 4.79 Å². The molecule has 94 valence electrons. The third-order valence-corrected chi connectivity index (χ3v) is 3.29. The second kappa shape index (κ2) is 6.18. The molecule has 0 aromatic rings. The first-order chi connectivity index (χ1) is 7.52. The van der Waals surface area contributed by atoms with Gasteiger partial charge >= 0.3 is 5.97 Å². The van der Waals surface area contributed by atoms with Crippen molar-refractivity contribution < 1.29 is 15.0 Å². The molecule has 0 radical (unpaired) electrons. The average molecular weight is 230 g/mol. The van der Waals surface area contributed by atoms with Gasteiger partial charge in [0.1, 0.15) is 0 Å². The van der Waals surface area contributed by atoms with Gasteiger partial charge in [0.15, 0.2) is 6.35 Å². The second-order valence-electron chi connectivity index (χ2n) is 4.55. The number of nitrogens with zero attached hydrogens (tertiary/aromatic N) is 1. The number of carboxylic acids is 1. The highest BCUT2D eigenvalue weighted by molar-refractivity contribution is 5.66. The summed E-state index contributed by atoms with van der Waals surface area (Å²) in [5.74, 6) is -0.719. The van der Waals surface area contributed by atoms with Gasteiger partial charge in [-0.1, -0.05) is 12.8 Å². The summed E-state index contributed by atoms with van der Waals surface area (Å²) >= 11 is 0. The van der Waals surface area contributed by atoms with E-state index < -0.39 is 12.3 Å². The van der Waals surface area contributed by atoms with Crippen molar-refractivity contribution in [3.05, 3.63) is 0 Å². The first-order valence-corrected chi connectivity index (χ1v) is 5.90. The Morgan fingerprint density at radius 2 is 2.06 bits per heavy atom. The quantitative estimate of drug-likeness (QED) is 0.582. The van der Waals surface area contributed by atoms with E-state index in [9.17, 15) is 9.90 Å². The molecule has 1 aliphatic heterocycles. The molecule has 0 bridgehead atoms. The Labute approximate surface area is 96.4 Å². The number of likely N-dealkylation sites (N-methyl/N-ethyl adjacent to an activating group) is 1. The Hall–Kier alpha value is -0.650. The molecular formula is C11H22N2O3. The predicted octanol–water partition coefficient (Wildman–Crippen LogP) is 0.589. The van der Waals surface area contributed by atoms with Gasteiger partial charge in [0.05, 0.1) is 0 Å². The molecule has 5 heteroatoms. The molecule has 3 atom stereocenters. The summed E-state index contributed by atoms with van der Waals surface area (Å²) in [6.45, 7) is 2.06. The highest BCUT2D eigenvalue weighted by Crippen LogP contribution is 2.19. The number of nitrogens with one attached hydrogen (secondary N) is 1. The molecule has 1 aliphatic rings. The van der Waals surface area contributed by atoms with Crippen LogP contribution in [-0.4, -0.2) is 46.6 Å². The highest BCUT2D eigenvalue weighted by Gasteiger charge is 2.33. The Morgan fingerprint density at radius 1 is 1.38 bits per heavy atom. The zero-order valence-electron chi connectivity index (χ0n) is 10.0. The van der Waals surface area contributed by atoms with Gasteiger partial charge < -0.3 is 10.2 Å². The van der Waals surface area contributed by atoms with E-state index in [-0.39, 0.29) is 6.42 Å². The normalized spacial score (nSPS) is 30.8. The molecule has 1 fully saturated rings. The maximum Gasteiger partial charge on any atom is 0.303 e. The molecule has 0 aliphatic carbocycles. The van der Waals surface area contributed by atoms with Gasteiger partial charge in [0.2, 0.25) is 0 Å². The minimum absolute atomic E-state index is 0.261. The van der Waals surface area contributed by atoms with Crippen LogP contribution in [0, 0.1) is 0 Å². The van der Waals surface area contributed by atoms with Crippen molar-refractivity contribution in [1.82, 2.24) is 10.2 Å². The Kier molecular flexibility index (Phi) is 5.18. The third kappa shape index (κ3) is 3.73. The number of hydrogen-bond acceptors (Lipinski definition) is 4. The summed E-state index contributed by atoms with van der Waals surface area (Å²) in [6.07, 6.45) is 3.42. The Morgan fingerprint density at radius 3 is 2.56 bits per heavy atom. The number of aliphatic hydroxyl groups excluding tert-OH is 1. The number of unbranched alkanes of at least 4 members (excludes halogenated alkanes) is 2. The van der Waals surface area contributed by atoms with Gasteiger partial charge in [-0.15, -0.1) is 0 Å². The van der Waals surface area contributed by atoms with Crippen molar-refractivity contribution in [2.45, 2.75) is 57.5 Å². The van der Waals surface area contributed by atoms with Crippen LogP contribution in [0.4, 0.5) is 0 Å². The maximum atomic E-state index is 10.3. The molecule has 3 N–H and O–H groups in total. The summed E-state index contributed by atoms with van der Waals surface area (Å²) in [4.78, 5) is 12.2. The fraction of sp³-hybridized carbons (Fsp3) is 0.909. The van der Waals surface area contributed by atoms with Gasteiger partial charge in [-0.3, -0.25) is 15.0 Å². The fourth-order valence-corrected chi connectivity index (χ4v) is 2.26. The largest absolute Gasteiger partial charge is 0.481 e. The molecule has 0 aromatic carbocycles. The topological polar surface area (TPSA) is 72.8 Å². The van der Waals surface area contributed by atoms with Gasteiger partial charge in [0.25, 0.3) is 0 Å². The second-order valence-corrected chi connectivity index (χ2v) is 4.55. The van der Waals surface area contributed by atoms with E-state index in [4.69, 9.17) is 5.11 Å². The minimum Gasteiger partial charge on any atom is -0.481 e. The summed E-state index contributed by atoms with van der Waals surface area (Å²) in [6, 6.07) is 0.638. The van der Waals surface area contributed by atoms with Crippen LogP contribution in [0.1, 0.15) is 39.0 Å². The molecule has 1 saturated heterocycles. The smallest absolute Gasteiger partial charge is 0.303 e. The molecule has 0 aromatic heterocycles. The SMILES string of the molecule is CC1NC(O)N(C)C1CCCCCC(=O)O. The molecule has 5 nitrogen and oxygen atoms in total. The molecule has 0 saturated carbocycles. The number of aliphatic hydroxyl groups is 1. The van der Waals surface area contributed by atoms with E-state index in [1.54, 1.807) is 0 Å². The van der Waals surface area contributed by atoms with E-state index >= 15 is 0 Å². The number of rotatable bonds is 6. The maximum absolute atomic E-state index is 10.3. The number of carboxylic acid groups (broad SMARTS) is 1. The van der Waals surface area contributed by atoms with E-state index in [2.05, 4.69) is 12.2 Å². The number of carbonyl (C=O) groups is 1. The summed E-state index contributed by atoms with van der Waals surface area (Å²) in [5, 5.41) is 21.1. The first-order valence-electron chi connectivity index (χ1n) is 5.90. The lowest BCUT2D eigenvalue weighted by Crippen LogP contribution is -2.35. The highest BCUT2D eigenvalue weighted by atomic mass is 16.4. The summed E-state index contributed by atoms with van der Waals surface area (Å²) in [7, 11) is 1.91. The zero-order valence-corrected chi connectivity index (χ0v) is 10.0. The molecule has 16 heavy (non-hydrogen) atoms. The van der Waals surface area contributed by atoms with Gasteiger partial charge in [-0.05, 0) is 26.8 Å². The van der Waals surface area contributed by atoms with Crippen LogP contribution in [0.15, 0.2) is 0 Å². The van der Waals surface area contributed by atoms with Crippen LogP contribution >= 0.6 is 0 Å². The van der Waals surface area contributed by atoms with E-state index in [0.29, 0.717) is 12.1 Å². The van der Waals surface area contributed by atoms with E-state index in [0.717, 1.165) is 25.7 Å². The standard InChI is InChI=1S/C11H22N2O3/c1-8-9(13(2)11(16)12-8)6-4-3-5-7-10(14)15/h8-9,11-12,16H,3-7H2,1-2H3,(H,14,15). The summed E-state index contributed by atoms with van der Waals surface area (Å²) in [5.41, 5.74) is 0. The third-order valence-electron chi connectivity index (χ3n) is 3.29. The molecule has 0 spiro atoms. The minimum atomic E-state index is -0.719. The van der Waals surface area contributed by atoms with Crippen molar-refractivity contribution in [3.63, 3.8) is 0 Å². The molecule has 3 unspecified atom stereocenters. The van der Waals surface area contributed by atoms with Gasteiger partial charge in [0, 0.05) is 18.5 Å². The van der Waals surface area contributed by atoms with Crippen LogP contribution in [0.5, 0.6) is 0 Å². The van der Waals surface area contributed by atoms with Crippen molar-refractivity contribution in [2.75, 3.05) is 7.05 Å². The Balaban J connectivity index is 2.15. The monoisotopic (exact) mass is 230 g/mol. The number of hydrogen-bond donors (Lipinski definition) is 3. The molecular weight excluding hydrogens is 208 g/mol. The first kappa shape index (κ1) is 13.4. The number of aliphatic carboxylic acids is 1. The van der Waals surface area contributed by atoms with Crippen molar-refractivity contribution >= 4 is 5.97 Å². The molecule has 1 rings (SSSR count). The zero-order chi connectivity index (χ0) is 12.1. The fourth-order valence-electron chi connectivity index (χ4n) is 2.26. The molecule has 1 heterocycles. The van der Waals surface area contributed by atoms with Crippen LogP contribution in [0.25, 0.3) is 0 Å². The Bertz CT molecular complexity index is 235.